The van der Waals surface area contributed by atoms with Crippen molar-refractivity contribution in [2.24, 2.45) is 0 Å². The zero-order valence-corrected chi connectivity index (χ0v) is 12.9. The molecule has 0 N–H and O–H groups in total. The number of hydrogen-bond acceptors (Lipinski definition) is 3. The third-order valence-corrected chi connectivity index (χ3v) is 7.81. The number of esters is 1. The van der Waals surface area contributed by atoms with Gasteiger partial charge < -0.3 is 9.16 Å². The van der Waals surface area contributed by atoms with Crippen LogP contribution in [0.15, 0.2) is 0 Å². The van der Waals surface area contributed by atoms with Gasteiger partial charge in [-0.1, -0.05) is 20.8 Å². The first kappa shape index (κ1) is 15.6. The van der Waals surface area contributed by atoms with Gasteiger partial charge in [-0.2, -0.15) is 0 Å². The van der Waals surface area contributed by atoms with E-state index in [0.29, 0.717) is 6.42 Å². The first-order chi connectivity index (χ1) is 6.91. The third kappa shape index (κ3) is 4.66. The molecule has 4 heteroatoms. The Bertz CT molecular complexity index is 251. The normalized spacial score (nSPS) is 13.8. The number of carbonyl (C=O) groups excluding carboxylic acids is 1. The van der Waals surface area contributed by atoms with Crippen LogP contribution in [0.25, 0.3) is 0 Å². The van der Waals surface area contributed by atoms with Crippen molar-refractivity contribution in [3.63, 3.8) is 0 Å². The molecule has 0 unspecified atom stereocenters. The Morgan fingerprint density at radius 3 is 1.88 bits per heavy atom. The summed E-state index contributed by atoms with van der Waals surface area (Å²) in [5, 5.41) is 0.153. The molecule has 0 aromatic carbocycles. The van der Waals surface area contributed by atoms with Gasteiger partial charge in [0.15, 0.2) is 8.32 Å². The Morgan fingerprint density at radius 2 is 1.56 bits per heavy atom. The standard InChI is InChI=1S/C12H26O3Si/c1-11(2,3)16(7,8)15-12(4,5)9-10(13)14-6/h9H2,1-8H3. The van der Waals surface area contributed by atoms with E-state index >= 15 is 0 Å². The summed E-state index contributed by atoms with van der Waals surface area (Å²) in [6.07, 6.45) is 0.302. The van der Waals surface area contributed by atoms with Crippen molar-refractivity contribution in [2.75, 3.05) is 7.11 Å². The monoisotopic (exact) mass is 246 g/mol. The van der Waals surface area contributed by atoms with Gasteiger partial charge in [0.1, 0.15) is 0 Å². The van der Waals surface area contributed by atoms with Gasteiger partial charge in [-0.15, -0.1) is 0 Å². The fraction of sp³-hybridized carbons (Fsp3) is 0.917. The van der Waals surface area contributed by atoms with Crippen molar-refractivity contribution in [1.82, 2.24) is 0 Å². The molecule has 0 rings (SSSR count). The average Bonchev–Trinajstić information content (AvgIpc) is 1.98. The molecule has 0 aliphatic heterocycles. The van der Waals surface area contributed by atoms with E-state index in [-0.39, 0.29) is 11.0 Å². The zero-order valence-electron chi connectivity index (χ0n) is 11.9. The predicted octanol–water partition coefficient (Wildman–Crippen LogP) is 3.35. The molecule has 0 amide bonds. The maximum Gasteiger partial charge on any atom is 0.308 e. The van der Waals surface area contributed by atoms with E-state index in [1.54, 1.807) is 0 Å². The summed E-state index contributed by atoms with van der Waals surface area (Å²) in [6.45, 7) is 14.8. The van der Waals surface area contributed by atoms with E-state index in [4.69, 9.17) is 4.43 Å². The van der Waals surface area contributed by atoms with Gasteiger partial charge in [0.2, 0.25) is 0 Å². The van der Waals surface area contributed by atoms with Crippen LogP contribution in [0, 0.1) is 0 Å². The maximum absolute atomic E-state index is 11.3. The topological polar surface area (TPSA) is 35.5 Å². The van der Waals surface area contributed by atoms with Crippen molar-refractivity contribution >= 4 is 14.3 Å². The number of methoxy groups -OCH3 is 1. The molecule has 0 aliphatic rings. The first-order valence-electron chi connectivity index (χ1n) is 5.68. The van der Waals surface area contributed by atoms with Crippen LogP contribution in [-0.2, 0) is 14.0 Å². The number of carbonyl (C=O) groups is 1. The second kappa shape index (κ2) is 4.88. The Hall–Kier alpha value is -0.353. The molecule has 0 atom stereocenters. The minimum absolute atomic E-state index is 0.153. The Labute approximate surface area is 101 Å². The molecule has 0 saturated carbocycles. The fourth-order valence-electron chi connectivity index (χ4n) is 1.30. The largest absolute Gasteiger partial charge is 0.469 e. The van der Waals surface area contributed by atoms with Crippen molar-refractivity contribution in [3.8, 4) is 0 Å². The molecule has 0 spiro atoms. The molecule has 0 saturated heterocycles. The van der Waals surface area contributed by atoms with E-state index < -0.39 is 13.9 Å². The molecular weight excluding hydrogens is 220 g/mol. The van der Waals surface area contributed by atoms with E-state index in [1.807, 2.05) is 13.8 Å². The van der Waals surface area contributed by atoms with E-state index in [0.717, 1.165) is 0 Å². The van der Waals surface area contributed by atoms with Gasteiger partial charge in [-0.25, -0.2) is 0 Å². The second-order valence-corrected chi connectivity index (χ2v) is 11.1. The smallest absolute Gasteiger partial charge is 0.308 e. The van der Waals surface area contributed by atoms with Gasteiger partial charge in [0.05, 0.1) is 19.1 Å². The summed E-state index contributed by atoms with van der Waals surface area (Å²) in [6, 6.07) is 0. The van der Waals surface area contributed by atoms with Gasteiger partial charge in [-0.05, 0) is 32.0 Å². The highest BCUT2D eigenvalue weighted by atomic mass is 28.4. The SMILES string of the molecule is COC(=O)CC(C)(C)O[Si](C)(C)C(C)(C)C. The molecular formula is C12H26O3Si. The zero-order chi connectivity index (χ0) is 13.2. The van der Waals surface area contributed by atoms with Crippen LogP contribution in [0.2, 0.25) is 18.1 Å². The van der Waals surface area contributed by atoms with Crippen LogP contribution >= 0.6 is 0 Å². The minimum Gasteiger partial charge on any atom is -0.469 e. The van der Waals surface area contributed by atoms with Crippen molar-refractivity contribution < 1.29 is 14.0 Å². The molecule has 0 aliphatic carbocycles. The lowest BCUT2D eigenvalue weighted by atomic mass is 10.1. The minimum atomic E-state index is -1.83. The molecule has 3 nitrogen and oxygen atoms in total. The van der Waals surface area contributed by atoms with Crippen LogP contribution in [0.1, 0.15) is 41.0 Å². The van der Waals surface area contributed by atoms with Gasteiger partial charge in [-0.3, -0.25) is 4.79 Å². The summed E-state index contributed by atoms with van der Waals surface area (Å²) < 4.78 is 10.9. The quantitative estimate of drug-likeness (QED) is 0.563. The van der Waals surface area contributed by atoms with E-state index in [9.17, 15) is 4.79 Å². The Morgan fingerprint density at radius 1 is 1.12 bits per heavy atom. The van der Waals surface area contributed by atoms with Crippen molar-refractivity contribution in [3.05, 3.63) is 0 Å². The molecule has 0 heterocycles. The highest BCUT2D eigenvalue weighted by Crippen LogP contribution is 2.39. The lowest BCUT2D eigenvalue weighted by Crippen LogP contribution is -2.48. The second-order valence-electron chi connectivity index (χ2n) is 6.37. The lowest BCUT2D eigenvalue weighted by molar-refractivity contribution is -0.144. The summed E-state index contributed by atoms with van der Waals surface area (Å²) in [5.41, 5.74) is -0.448. The fourth-order valence-corrected chi connectivity index (χ4v) is 3.06. The van der Waals surface area contributed by atoms with E-state index in [2.05, 4.69) is 38.6 Å². The lowest BCUT2D eigenvalue weighted by Gasteiger charge is -2.42. The predicted molar refractivity (Wildman–Crippen MR) is 69.0 cm³/mol. The van der Waals surface area contributed by atoms with Crippen molar-refractivity contribution in [2.45, 2.75) is 64.8 Å². The molecule has 96 valence electrons. The average molecular weight is 246 g/mol. The van der Waals surface area contributed by atoms with Crippen LogP contribution in [0.5, 0.6) is 0 Å². The van der Waals surface area contributed by atoms with Gasteiger partial charge in [0.25, 0.3) is 0 Å². The summed E-state index contributed by atoms with van der Waals surface area (Å²) in [4.78, 5) is 11.3. The highest BCUT2D eigenvalue weighted by Gasteiger charge is 2.42. The summed E-state index contributed by atoms with van der Waals surface area (Å²) in [7, 11) is -0.420. The van der Waals surface area contributed by atoms with Crippen LogP contribution in [0.3, 0.4) is 0 Å². The Balaban J connectivity index is 4.64. The van der Waals surface area contributed by atoms with E-state index in [1.165, 1.54) is 7.11 Å². The van der Waals surface area contributed by atoms with Crippen LogP contribution in [-0.4, -0.2) is 27.0 Å². The van der Waals surface area contributed by atoms with Crippen molar-refractivity contribution in [1.29, 1.82) is 0 Å². The molecule has 16 heavy (non-hydrogen) atoms. The summed E-state index contributed by atoms with van der Waals surface area (Å²) in [5.74, 6) is -0.219. The third-order valence-electron chi connectivity index (χ3n) is 3.14. The van der Waals surface area contributed by atoms with Crippen LogP contribution < -0.4 is 0 Å². The summed E-state index contributed by atoms with van der Waals surface area (Å²) >= 11 is 0. The molecule has 0 aromatic rings. The van der Waals surface area contributed by atoms with Crippen LogP contribution in [0.4, 0.5) is 0 Å². The number of rotatable bonds is 4. The highest BCUT2D eigenvalue weighted by molar-refractivity contribution is 6.74. The number of ether oxygens (including phenoxy) is 1. The first-order valence-corrected chi connectivity index (χ1v) is 8.59. The number of hydrogen-bond donors (Lipinski definition) is 0. The molecule has 0 radical (unpaired) electrons. The van der Waals surface area contributed by atoms with Gasteiger partial charge >= 0.3 is 5.97 Å². The molecule has 0 aromatic heterocycles. The van der Waals surface area contributed by atoms with Gasteiger partial charge in [0, 0.05) is 0 Å². The Kier molecular flexibility index (Phi) is 4.77. The molecule has 0 fully saturated rings. The maximum atomic E-state index is 11.3. The molecule has 0 bridgehead atoms.